The molecule has 0 amide bonds. The first-order valence-corrected chi connectivity index (χ1v) is 10.8. The zero-order chi connectivity index (χ0) is 21.6. The fraction of sp³-hybridized carbons (Fsp3) is 0.360. The van der Waals surface area contributed by atoms with E-state index in [2.05, 4.69) is 67.2 Å². The summed E-state index contributed by atoms with van der Waals surface area (Å²) in [4.78, 5) is 21.3. The van der Waals surface area contributed by atoms with Crippen LogP contribution in [0.2, 0.25) is 0 Å². The molecule has 0 atom stereocenters. The van der Waals surface area contributed by atoms with Crippen molar-refractivity contribution < 1.29 is 0 Å². The molecule has 0 unspecified atom stereocenters. The molecule has 6 nitrogen and oxygen atoms in total. The first-order valence-electron chi connectivity index (χ1n) is 10.8. The molecular weight excluding hydrogens is 384 g/mol. The number of aromatic nitrogens is 5. The Morgan fingerprint density at radius 2 is 1.71 bits per heavy atom. The minimum absolute atomic E-state index is 0.339. The second-order valence-corrected chi connectivity index (χ2v) is 9.51. The summed E-state index contributed by atoms with van der Waals surface area (Å²) in [6.07, 6.45) is 7.23. The topological polar surface area (TPSA) is 59.2 Å². The second kappa shape index (κ2) is 7.45. The van der Waals surface area contributed by atoms with Gasteiger partial charge in [-0.15, -0.1) is 0 Å². The fourth-order valence-electron chi connectivity index (χ4n) is 4.47. The van der Waals surface area contributed by atoms with Gasteiger partial charge in [0.15, 0.2) is 0 Å². The van der Waals surface area contributed by atoms with Crippen LogP contribution in [0.4, 0.5) is 5.82 Å². The molecule has 0 bridgehead atoms. The van der Waals surface area contributed by atoms with Crippen molar-refractivity contribution in [1.82, 2.24) is 24.3 Å². The Bertz CT molecular complexity index is 1230. The van der Waals surface area contributed by atoms with E-state index in [-0.39, 0.29) is 0 Å². The van der Waals surface area contributed by atoms with Crippen LogP contribution in [0.3, 0.4) is 0 Å². The molecule has 0 radical (unpaired) electrons. The Morgan fingerprint density at radius 1 is 0.903 bits per heavy atom. The van der Waals surface area contributed by atoms with Crippen LogP contribution < -0.4 is 4.90 Å². The zero-order valence-electron chi connectivity index (χ0n) is 18.6. The molecule has 5 rings (SSSR count). The van der Waals surface area contributed by atoms with Gasteiger partial charge in [-0.05, 0) is 54.7 Å². The molecular formula is C25H28N6. The summed E-state index contributed by atoms with van der Waals surface area (Å²) >= 11 is 0. The average Bonchev–Trinajstić information content (AvgIpc) is 3.13. The Hall–Kier alpha value is -3.28. The van der Waals surface area contributed by atoms with E-state index in [0.717, 1.165) is 53.9 Å². The molecule has 0 saturated carbocycles. The molecule has 1 aliphatic heterocycles. The maximum Gasteiger partial charge on any atom is 0.136 e. The number of nitrogens with zero attached hydrogens (tertiary/aromatic N) is 6. The van der Waals surface area contributed by atoms with Crippen molar-refractivity contribution in [1.29, 1.82) is 0 Å². The predicted molar refractivity (Wildman–Crippen MR) is 123 cm³/mol. The first-order chi connectivity index (χ1) is 14.8. The van der Waals surface area contributed by atoms with Gasteiger partial charge in [0, 0.05) is 55.6 Å². The van der Waals surface area contributed by atoms with E-state index in [1.807, 2.05) is 23.7 Å². The highest BCUT2D eigenvalue weighted by Crippen LogP contribution is 2.33. The van der Waals surface area contributed by atoms with Crippen LogP contribution in [0.15, 0.2) is 48.9 Å². The molecule has 1 fully saturated rings. The third-order valence-corrected chi connectivity index (χ3v) is 5.71. The molecule has 4 aromatic heterocycles. The largest absolute Gasteiger partial charge is 0.355 e. The molecule has 1 aliphatic rings. The molecule has 6 heteroatoms. The van der Waals surface area contributed by atoms with Gasteiger partial charge >= 0.3 is 0 Å². The lowest BCUT2D eigenvalue weighted by atomic mass is 9.84. The summed E-state index contributed by atoms with van der Waals surface area (Å²) in [5.41, 5.74) is 6.79. The third-order valence-electron chi connectivity index (χ3n) is 5.71. The number of aryl methyl sites for hydroxylation is 2. The molecule has 0 aromatic carbocycles. The number of rotatable bonds is 5. The van der Waals surface area contributed by atoms with Crippen molar-refractivity contribution >= 4 is 11.5 Å². The Labute approximate surface area is 183 Å². The van der Waals surface area contributed by atoms with Gasteiger partial charge < -0.3 is 9.30 Å². The number of hydrogen-bond acceptors (Lipinski definition) is 5. The average molecular weight is 413 g/mol. The Balaban J connectivity index is 1.47. The van der Waals surface area contributed by atoms with E-state index in [0.29, 0.717) is 11.8 Å². The number of imidazole rings is 1. The number of hydrogen-bond donors (Lipinski definition) is 0. The Morgan fingerprint density at radius 3 is 2.48 bits per heavy atom. The van der Waals surface area contributed by atoms with Gasteiger partial charge in [-0.25, -0.2) is 15.0 Å². The summed E-state index contributed by atoms with van der Waals surface area (Å²) in [6, 6.07) is 10.6. The van der Waals surface area contributed by atoms with E-state index in [1.165, 1.54) is 11.1 Å². The predicted octanol–water partition coefficient (Wildman–Crippen LogP) is 4.16. The summed E-state index contributed by atoms with van der Waals surface area (Å²) in [5.74, 6) is 1.85. The molecule has 1 saturated heterocycles. The zero-order valence-corrected chi connectivity index (χ0v) is 18.6. The van der Waals surface area contributed by atoms with Gasteiger partial charge in [-0.1, -0.05) is 13.8 Å². The molecule has 31 heavy (non-hydrogen) atoms. The van der Waals surface area contributed by atoms with Crippen LogP contribution >= 0.6 is 0 Å². The van der Waals surface area contributed by atoms with Crippen molar-refractivity contribution in [3.05, 3.63) is 83.0 Å². The second-order valence-electron chi connectivity index (χ2n) is 9.51. The molecule has 5 heterocycles. The standard InChI is InChI=1S/C25H28N6/c1-17-9-18(2)27-20(10-17)13-22-28-21(14-24(29-22)31-15-25(3,4)16-31)11-19-5-7-30-8-6-26-23(30)12-19/h5-10,12,14H,11,13,15-16H2,1-4H3. The third kappa shape index (κ3) is 4.29. The highest BCUT2D eigenvalue weighted by atomic mass is 15.3. The van der Waals surface area contributed by atoms with Gasteiger partial charge in [-0.2, -0.15) is 0 Å². The summed E-state index contributed by atoms with van der Waals surface area (Å²) in [5, 5.41) is 0. The monoisotopic (exact) mass is 412 g/mol. The van der Waals surface area contributed by atoms with Gasteiger partial charge in [0.2, 0.25) is 0 Å². The summed E-state index contributed by atoms with van der Waals surface area (Å²) in [6.45, 7) is 10.8. The van der Waals surface area contributed by atoms with Crippen molar-refractivity contribution in [2.75, 3.05) is 18.0 Å². The van der Waals surface area contributed by atoms with Gasteiger partial charge in [0.25, 0.3) is 0 Å². The van der Waals surface area contributed by atoms with Crippen LogP contribution in [0.1, 0.15) is 47.9 Å². The maximum absolute atomic E-state index is 4.92. The van der Waals surface area contributed by atoms with Crippen LogP contribution in [-0.4, -0.2) is 37.4 Å². The van der Waals surface area contributed by atoms with Gasteiger partial charge in [0.1, 0.15) is 17.3 Å². The molecule has 158 valence electrons. The van der Waals surface area contributed by atoms with Crippen molar-refractivity contribution in [2.24, 2.45) is 5.41 Å². The van der Waals surface area contributed by atoms with Gasteiger partial charge in [0.05, 0.1) is 12.1 Å². The van der Waals surface area contributed by atoms with Gasteiger partial charge in [-0.3, -0.25) is 4.98 Å². The molecule has 0 aliphatic carbocycles. The summed E-state index contributed by atoms with van der Waals surface area (Å²) in [7, 11) is 0. The SMILES string of the molecule is Cc1cc(C)nc(Cc2nc(Cc3ccn4ccnc4c3)cc(N3CC(C)(C)C3)n2)c1. The van der Waals surface area contributed by atoms with Crippen molar-refractivity contribution in [2.45, 2.75) is 40.5 Å². The van der Waals surface area contributed by atoms with Crippen molar-refractivity contribution in [3.8, 4) is 0 Å². The number of anilines is 1. The lowest BCUT2D eigenvalue weighted by Crippen LogP contribution is -2.53. The molecule has 0 N–H and O–H groups in total. The highest BCUT2D eigenvalue weighted by Gasteiger charge is 2.35. The fourth-order valence-corrected chi connectivity index (χ4v) is 4.47. The molecule has 4 aromatic rings. The summed E-state index contributed by atoms with van der Waals surface area (Å²) < 4.78 is 2.02. The smallest absolute Gasteiger partial charge is 0.136 e. The minimum Gasteiger partial charge on any atom is -0.355 e. The lowest BCUT2D eigenvalue weighted by Gasteiger charge is -2.46. The maximum atomic E-state index is 4.92. The van der Waals surface area contributed by atoms with E-state index in [9.17, 15) is 0 Å². The van der Waals surface area contributed by atoms with Crippen LogP contribution in [0.25, 0.3) is 5.65 Å². The van der Waals surface area contributed by atoms with Crippen LogP contribution in [0, 0.1) is 19.3 Å². The van der Waals surface area contributed by atoms with Crippen molar-refractivity contribution in [3.63, 3.8) is 0 Å². The van der Waals surface area contributed by atoms with Crippen LogP contribution in [-0.2, 0) is 12.8 Å². The lowest BCUT2D eigenvalue weighted by molar-refractivity contribution is 0.274. The van der Waals surface area contributed by atoms with E-state index >= 15 is 0 Å². The van der Waals surface area contributed by atoms with Crippen LogP contribution in [0.5, 0.6) is 0 Å². The quantitative estimate of drug-likeness (QED) is 0.493. The number of pyridine rings is 2. The molecule has 0 spiro atoms. The van der Waals surface area contributed by atoms with E-state index in [4.69, 9.17) is 15.0 Å². The Kier molecular flexibility index (Phi) is 4.73. The first kappa shape index (κ1) is 19.7. The normalized spacial score (nSPS) is 15.3. The van der Waals surface area contributed by atoms with E-state index < -0.39 is 0 Å². The highest BCUT2D eigenvalue weighted by molar-refractivity contribution is 5.46. The minimum atomic E-state index is 0.339. The van der Waals surface area contributed by atoms with E-state index in [1.54, 1.807) is 0 Å². The number of fused-ring (bicyclic) bond motifs is 1.